The first-order chi connectivity index (χ1) is 7.75. The molecule has 0 saturated carbocycles. The quantitative estimate of drug-likeness (QED) is 0.702. The number of halogens is 2. The van der Waals surface area contributed by atoms with Crippen LogP contribution in [0.1, 0.15) is 42.4 Å². The summed E-state index contributed by atoms with van der Waals surface area (Å²) in [5.41, 5.74) is 0. The van der Waals surface area contributed by atoms with Crippen LogP contribution in [0.4, 0.5) is 0 Å². The van der Waals surface area contributed by atoms with Gasteiger partial charge in [-0.3, -0.25) is 0 Å². The van der Waals surface area contributed by atoms with Gasteiger partial charge in [0.1, 0.15) is 0 Å². The smallest absolute Gasteiger partial charge is 0.0931 e. The van der Waals surface area contributed by atoms with E-state index in [0.717, 1.165) is 23.8 Å². The molecule has 1 aromatic rings. The van der Waals surface area contributed by atoms with Gasteiger partial charge in [-0.15, -0.1) is 22.9 Å². The zero-order valence-corrected chi connectivity index (χ0v) is 11.5. The molecular weight excluding hydrogens is 263 g/mol. The molecule has 90 valence electrons. The lowest BCUT2D eigenvalue weighted by molar-refractivity contribution is 0.0100. The molecule has 0 spiro atoms. The lowest BCUT2D eigenvalue weighted by Gasteiger charge is -2.23. The molecule has 2 unspecified atom stereocenters. The Morgan fingerprint density at radius 2 is 2.31 bits per heavy atom. The molecular formula is C12H16Cl2OS. The summed E-state index contributed by atoms with van der Waals surface area (Å²) in [6.07, 6.45) is 6.15. The van der Waals surface area contributed by atoms with Crippen LogP contribution in [0.25, 0.3) is 0 Å². The molecule has 0 aliphatic carbocycles. The van der Waals surface area contributed by atoms with Crippen molar-refractivity contribution in [3.63, 3.8) is 0 Å². The van der Waals surface area contributed by atoms with Crippen molar-refractivity contribution >= 4 is 34.5 Å². The van der Waals surface area contributed by atoms with Gasteiger partial charge in [0.25, 0.3) is 0 Å². The van der Waals surface area contributed by atoms with Crippen LogP contribution < -0.4 is 0 Å². The van der Waals surface area contributed by atoms with Gasteiger partial charge in [0.05, 0.1) is 15.8 Å². The zero-order valence-electron chi connectivity index (χ0n) is 9.12. The molecule has 2 heterocycles. The molecule has 1 aliphatic heterocycles. The van der Waals surface area contributed by atoms with Gasteiger partial charge in [-0.1, -0.05) is 11.6 Å². The van der Waals surface area contributed by atoms with Gasteiger partial charge >= 0.3 is 0 Å². The van der Waals surface area contributed by atoms with Crippen molar-refractivity contribution < 1.29 is 4.74 Å². The van der Waals surface area contributed by atoms with Crippen molar-refractivity contribution in [3.05, 3.63) is 21.3 Å². The van der Waals surface area contributed by atoms with Crippen LogP contribution in [0.3, 0.4) is 0 Å². The first-order valence-corrected chi connectivity index (χ1v) is 7.39. The van der Waals surface area contributed by atoms with Gasteiger partial charge in [-0.05, 0) is 44.2 Å². The normalized spacial score (nSPS) is 23.2. The average molecular weight is 279 g/mol. The van der Waals surface area contributed by atoms with Crippen molar-refractivity contribution in [2.24, 2.45) is 0 Å². The van der Waals surface area contributed by atoms with Crippen LogP contribution >= 0.6 is 34.5 Å². The van der Waals surface area contributed by atoms with E-state index >= 15 is 0 Å². The lowest BCUT2D eigenvalue weighted by Crippen LogP contribution is -2.19. The highest BCUT2D eigenvalue weighted by molar-refractivity contribution is 7.16. The van der Waals surface area contributed by atoms with Crippen LogP contribution in [-0.2, 0) is 4.74 Å². The van der Waals surface area contributed by atoms with Crippen LogP contribution in [0.15, 0.2) is 12.1 Å². The maximum Gasteiger partial charge on any atom is 0.0931 e. The Balaban J connectivity index is 1.76. The van der Waals surface area contributed by atoms with E-state index in [1.165, 1.54) is 24.1 Å². The van der Waals surface area contributed by atoms with Gasteiger partial charge in [0.2, 0.25) is 0 Å². The van der Waals surface area contributed by atoms with Crippen LogP contribution in [0.5, 0.6) is 0 Å². The van der Waals surface area contributed by atoms with Crippen molar-refractivity contribution in [1.82, 2.24) is 0 Å². The zero-order chi connectivity index (χ0) is 11.4. The van der Waals surface area contributed by atoms with E-state index in [2.05, 4.69) is 0 Å². The summed E-state index contributed by atoms with van der Waals surface area (Å²) in [5, 5.41) is 0.0861. The monoisotopic (exact) mass is 278 g/mol. The van der Waals surface area contributed by atoms with Gasteiger partial charge in [0.15, 0.2) is 0 Å². The highest BCUT2D eigenvalue weighted by Gasteiger charge is 2.17. The fourth-order valence-corrected chi connectivity index (χ4v) is 3.41. The van der Waals surface area contributed by atoms with E-state index < -0.39 is 0 Å². The Hall–Kier alpha value is 0.240. The summed E-state index contributed by atoms with van der Waals surface area (Å²) >= 11 is 13.8. The lowest BCUT2D eigenvalue weighted by atomic mass is 10.0. The molecule has 0 amide bonds. The second kappa shape index (κ2) is 6.25. The summed E-state index contributed by atoms with van der Waals surface area (Å²) in [6, 6.07) is 3.93. The first kappa shape index (κ1) is 12.7. The minimum Gasteiger partial charge on any atom is -0.378 e. The number of ether oxygens (including phenoxy) is 1. The molecule has 16 heavy (non-hydrogen) atoms. The van der Waals surface area contributed by atoms with E-state index in [0.29, 0.717) is 6.10 Å². The molecule has 0 bridgehead atoms. The maximum atomic E-state index is 6.33. The van der Waals surface area contributed by atoms with Crippen molar-refractivity contribution in [2.75, 3.05) is 6.61 Å². The fraction of sp³-hybridized carbons (Fsp3) is 0.667. The summed E-state index contributed by atoms with van der Waals surface area (Å²) in [5.74, 6) is 0. The molecule has 2 rings (SSSR count). The first-order valence-electron chi connectivity index (χ1n) is 5.76. The molecule has 0 radical (unpaired) electrons. The third-order valence-electron chi connectivity index (χ3n) is 2.92. The SMILES string of the molecule is Clc1ccc(C(Cl)CCC2CCCCO2)s1. The Morgan fingerprint density at radius 3 is 2.94 bits per heavy atom. The van der Waals surface area contributed by atoms with E-state index in [1.807, 2.05) is 12.1 Å². The van der Waals surface area contributed by atoms with Gasteiger partial charge in [0, 0.05) is 11.5 Å². The third-order valence-corrected chi connectivity index (χ3v) is 4.85. The van der Waals surface area contributed by atoms with E-state index in [9.17, 15) is 0 Å². The molecule has 2 atom stereocenters. The highest BCUT2D eigenvalue weighted by atomic mass is 35.5. The Kier molecular flexibility index (Phi) is 4.96. The second-order valence-corrected chi connectivity index (χ2v) is 6.45. The predicted molar refractivity (Wildman–Crippen MR) is 70.7 cm³/mol. The fourth-order valence-electron chi connectivity index (χ4n) is 2.01. The van der Waals surface area contributed by atoms with Crippen molar-refractivity contribution in [2.45, 2.75) is 43.6 Å². The molecule has 4 heteroatoms. The molecule has 1 aromatic heterocycles. The van der Waals surface area contributed by atoms with E-state index in [-0.39, 0.29) is 5.38 Å². The van der Waals surface area contributed by atoms with Crippen molar-refractivity contribution in [3.8, 4) is 0 Å². The number of hydrogen-bond donors (Lipinski definition) is 0. The number of alkyl halides is 1. The molecule has 1 aliphatic rings. The van der Waals surface area contributed by atoms with Crippen LogP contribution in [-0.4, -0.2) is 12.7 Å². The largest absolute Gasteiger partial charge is 0.378 e. The number of rotatable bonds is 4. The number of hydrogen-bond acceptors (Lipinski definition) is 2. The van der Waals surface area contributed by atoms with Gasteiger partial charge < -0.3 is 4.74 Å². The number of thiophene rings is 1. The molecule has 0 N–H and O–H groups in total. The van der Waals surface area contributed by atoms with Gasteiger partial charge in [-0.25, -0.2) is 0 Å². The topological polar surface area (TPSA) is 9.23 Å². The summed E-state index contributed by atoms with van der Waals surface area (Å²) < 4.78 is 6.50. The highest BCUT2D eigenvalue weighted by Crippen LogP contribution is 2.34. The maximum absolute atomic E-state index is 6.33. The second-order valence-electron chi connectivity index (χ2n) is 4.18. The third kappa shape index (κ3) is 3.63. The Bertz CT molecular complexity index is 321. The summed E-state index contributed by atoms with van der Waals surface area (Å²) in [6.45, 7) is 0.919. The van der Waals surface area contributed by atoms with Gasteiger partial charge in [-0.2, -0.15) is 0 Å². The molecule has 1 saturated heterocycles. The minimum atomic E-state index is 0.0861. The Morgan fingerprint density at radius 1 is 1.44 bits per heavy atom. The molecule has 1 fully saturated rings. The Labute approximate surface area is 111 Å². The van der Waals surface area contributed by atoms with E-state index in [4.69, 9.17) is 27.9 Å². The summed E-state index contributed by atoms with van der Waals surface area (Å²) in [7, 11) is 0. The standard InChI is InChI=1S/C12H16Cl2OS/c13-10(11-6-7-12(14)16-11)5-4-9-3-1-2-8-15-9/h6-7,9-10H,1-5,8H2. The summed E-state index contributed by atoms with van der Waals surface area (Å²) in [4.78, 5) is 1.17. The van der Waals surface area contributed by atoms with Crippen LogP contribution in [0, 0.1) is 0 Å². The van der Waals surface area contributed by atoms with Crippen LogP contribution in [0.2, 0.25) is 4.34 Å². The minimum absolute atomic E-state index is 0.0861. The molecule has 0 aromatic carbocycles. The van der Waals surface area contributed by atoms with Crippen molar-refractivity contribution in [1.29, 1.82) is 0 Å². The molecule has 1 nitrogen and oxygen atoms in total. The average Bonchev–Trinajstić information content (AvgIpc) is 2.74. The van der Waals surface area contributed by atoms with E-state index in [1.54, 1.807) is 11.3 Å². The predicted octanol–water partition coefficient (Wildman–Crippen LogP) is 5.03.